The van der Waals surface area contributed by atoms with Crippen molar-refractivity contribution >= 4 is 5.69 Å². The first-order chi connectivity index (χ1) is 6.11. The summed E-state index contributed by atoms with van der Waals surface area (Å²) >= 11 is 0. The highest BCUT2D eigenvalue weighted by molar-refractivity contribution is 5.63. The summed E-state index contributed by atoms with van der Waals surface area (Å²) in [5.41, 5.74) is -1.13. The van der Waals surface area contributed by atoms with Crippen LogP contribution in [0.3, 0.4) is 0 Å². The van der Waals surface area contributed by atoms with Crippen molar-refractivity contribution in [3.63, 3.8) is 0 Å². The van der Waals surface area contributed by atoms with Crippen molar-refractivity contribution in [2.45, 2.75) is 0 Å². The zero-order valence-corrected chi connectivity index (χ0v) is 7.28. The van der Waals surface area contributed by atoms with Gasteiger partial charge in [0, 0.05) is 13.1 Å². The number of hydrogen-bond acceptors (Lipinski definition) is 5. The maximum Gasteiger partial charge on any atom is 0.271 e. The lowest BCUT2D eigenvalue weighted by molar-refractivity contribution is 0.418. The third-order valence-corrected chi connectivity index (χ3v) is 2.34. The molecule has 1 aliphatic rings. The third-order valence-electron chi connectivity index (χ3n) is 2.34. The minimum Gasteiger partial charge on any atom is -0.502 e. The quantitative estimate of drug-likeness (QED) is 0.547. The van der Waals surface area contributed by atoms with Gasteiger partial charge in [0.05, 0.1) is 6.67 Å². The lowest BCUT2D eigenvalue weighted by Crippen LogP contribution is -2.39. The number of aromatic hydroxyl groups is 1. The van der Waals surface area contributed by atoms with Gasteiger partial charge in [0.1, 0.15) is 5.69 Å². The summed E-state index contributed by atoms with van der Waals surface area (Å²) in [6.07, 6.45) is 0. The van der Waals surface area contributed by atoms with Crippen LogP contribution in [0.5, 0.6) is 5.75 Å². The van der Waals surface area contributed by atoms with Crippen LogP contribution >= 0.6 is 0 Å². The zero-order chi connectivity index (χ0) is 9.59. The van der Waals surface area contributed by atoms with Gasteiger partial charge in [-0.25, -0.2) is 0 Å². The standard InChI is InChI=1S/C8H10N2O3/c1-9-2-3-10(4-9)5-6(11)8(13)7(5)12/h11H,2-4H2,1H3. The first-order valence-electron chi connectivity index (χ1n) is 4.07. The second kappa shape index (κ2) is 2.56. The van der Waals surface area contributed by atoms with E-state index in [1.54, 1.807) is 4.90 Å². The van der Waals surface area contributed by atoms with Crippen LogP contribution in [0.1, 0.15) is 0 Å². The highest BCUT2D eigenvalue weighted by Gasteiger charge is 2.28. The van der Waals surface area contributed by atoms with Crippen LogP contribution in [-0.4, -0.2) is 36.8 Å². The van der Waals surface area contributed by atoms with Crippen molar-refractivity contribution in [2.75, 3.05) is 31.7 Å². The molecule has 0 unspecified atom stereocenters. The van der Waals surface area contributed by atoms with E-state index >= 15 is 0 Å². The van der Waals surface area contributed by atoms with E-state index < -0.39 is 10.9 Å². The molecule has 13 heavy (non-hydrogen) atoms. The fraction of sp³-hybridized carbons (Fsp3) is 0.500. The maximum absolute atomic E-state index is 11.0. The Kier molecular flexibility index (Phi) is 1.63. The van der Waals surface area contributed by atoms with Gasteiger partial charge in [-0.15, -0.1) is 0 Å². The van der Waals surface area contributed by atoms with Crippen LogP contribution in [0, 0.1) is 0 Å². The number of hydrogen-bond donors (Lipinski definition) is 1. The molecule has 5 nitrogen and oxygen atoms in total. The summed E-state index contributed by atoms with van der Waals surface area (Å²) in [6.45, 7) is 2.13. The predicted molar refractivity (Wildman–Crippen MR) is 47.9 cm³/mol. The molecular weight excluding hydrogens is 172 g/mol. The van der Waals surface area contributed by atoms with Gasteiger partial charge < -0.3 is 10.0 Å². The molecule has 1 aliphatic heterocycles. The fourth-order valence-corrected chi connectivity index (χ4v) is 1.57. The summed E-state index contributed by atoms with van der Waals surface area (Å²) in [5.74, 6) is -0.375. The number of anilines is 1. The Balaban J connectivity index is 2.29. The molecular formula is C8H10N2O3. The second-order valence-electron chi connectivity index (χ2n) is 3.34. The van der Waals surface area contributed by atoms with Gasteiger partial charge in [-0.3, -0.25) is 14.5 Å². The highest BCUT2D eigenvalue weighted by Crippen LogP contribution is 2.22. The summed E-state index contributed by atoms with van der Waals surface area (Å²) in [4.78, 5) is 25.5. The van der Waals surface area contributed by atoms with E-state index in [-0.39, 0.29) is 11.4 Å². The van der Waals surface area contributed by atoms with Crippen LogP contribution in [0.4, 0.5) is 5.69 Å². The molecule has 0 radical (unpaired) electrons. The molecule has 1 aromatic rings. The van der Waals surface area contributed by atoms with E-state index in [0.29, 0.717) is 13.2 Å². The molecule has 1 fully saturated rings. The van der Waals surface area contributed by atoms with Crippen LogP contribution in [-0.2, 0) is 0 Å². The highest BCUT2D eigenvalue weighted by atomic mass is 16.3. The Bertz CT molecular complexity index is 405. The smallest absolute Gasteiger partial charge is 0.271 e. The van der Waals surface area contributed by atoms with E-state index in [1.165, 1.54) is 0 Å². The van der Waals surface area contributed by atoms with Crippen LogP contribution in [0.15, 0.2) is 9.59 Å². The predicted octanol–water partition coefficient (Wildman–Crippen LogP) is -1.30. The van der Waals surface area contributed by atoms with Gasteiger partial charge in [0.25, 0.3) is 10.9 Å². The average Bonchev–Trinajstić information content (AvgIpc) is 2.51. The molecule has 0 amide bonds. The number of nitrogens with zero attached hydrogens (tertiary/aromatic N) is 2. The molecule has 0 bridgehead atoms. The first kappa shape index (κ1) is 8.25. The summed E-state index contributed by atoms with van der Waals surface area (Å²) in [7, 11) is 1.92. The molecule has 0 aromatic heterocycles. The van der Waals surface area contributed by atoms with Crippen LogP contribution < -0.4 is 15.8 Å². The number of likely N-dealkylation sites (N-methyl/N-ethyl adjacent to an activating group) is 1. The van der Waals surface area contributed by atoms with E-state index in [0.717, 1.165) is 6.54 Å². The Hall–Kier alpha value is -1.36. The van der Waals surface area contributed by atoms with Crippen molar-refractivity contribution < 1.29 is 5.11 Å². The van der Waals surface area contributed by atoms with Gasteiger partial charge in [-0.1, -0.05) is 0 Å². The molecule has 1 N–H and O–H groups in total. The van der Waals surface area contributed by atoms with Gasteiger partial charge in [0.15, 0.2) is 5.75 Å². The summed E-state index contributed by atoms with van der Waals surface area (Å²) < 4.78 is 0. The molecule has 0 aliphatic carbocycles. The van der Waals surface area contributed by atoms with E-state index in [1.807, 2.05) is 11.9 Å². The largest absolute Gasteiger partial charge is 0.502 e. The summed E-state index contributed by atoms with van der Waals surface area (Å²) in [5, 5.41) is 9.14. The fourth-order valence-electron chi connectivity index (χ4n) is 1.57. The first-order valence-corrected chi connectivity index (χ1v) is 4.07. The molecule has 1 saturated heterocycles. The third kappa shape index (κ3) is 1.04. The van der Waals surface area contributed by atoms with Crippen molar-refractivity contribution in [1.29, 1.82) is 0 Å². The van der Waals surface area contributed by atoms with Crippen molar-refractivity contribution in [2.24, 2.45) is 0 Å². The molecule has 5 heteroatoms. The maximum atomic E-state index is 11.0. The zero-order valence-electron chi connectivity index (χ0n) is 7.28. The molecule has 0 saturated carbocycles. The van der Waals surface area contributed by atoms with Gasteiger partial charge in [-0.2, -0.15) is 0 Å². The normalized spacial score (nSPS) is 18.7. The van der Waals surface area contributed by atoms with Crippen molar-refractivity contribution in [1.82, 2.24) is 4.90 Å². The lowest BCUT2D eigenvalue weighted by Gasteiger charge is -2.19. The molecule has 1 heterocycles. The van der Waals surface area contributed by atoms with E-state index in [2.05, 4.69) is 0 Å². The number of rotatable bonds is 1. The summed E-state index contributed by atoms with van der Waals surface area (Å²) in [6, 6.07) is 0. The molecule has 70 valence electrons. The second-order valence-corrected chi connectivity index (χ2v) is 3.34. The Morgan fingerprint density at radius 1 is 1.23 bits per heavy atom. The van der Waals surface area contributed by atoms with Crippen molar-refractivity contribution in [3.8, 4) is 5.75 Å². The Morgan fingerprint density at radius 2 is 1.92 bits per heavy atom. The topological polar surface area (TPSA) is 60.9 Å². The van der Waals surface area contributed by atoms with E-state index in [9.17, 15) is 9.59 Å². The van der Waals surface area contributed by atoms with E-state index in [4.69, 9.17) is 5.11 Å². The van der Waals surface area contributed by atoms with Gasteiger partial charge >= 0.3 is 0 Å². The Morgan fingerprint density at radius 3 is 2.38 bits per heavy atom. The molecule has 0 spiro atoms. The monoisotopic (exact) mass is 182 g/mol. The van der Waals surface area contributed by atoms with Crippen LogP contribution in [0.25, 0.3) is 0 Å². The molecule has 2 rings (SSSR count). The molecule has 0 atom stereocenters. The molecule has 1 aromatic carbocycles. The van der Waals surface area contributed by atoms with Gasteiger partial charge in [0.2, 0.25) is 0 Å². The van der Waals surface area contributed by atoms with Crippen molar-refractivity contribution in [3.05, 3.63) is 20.4 Å². The average molecular weight is 182 g/mol. The minimum atomic E-state index is -0.760. The lowest BCUT2D eigenvalue weighted by atomic mass is 10.2. The minimum absolute atomic E-state index is 0.189. The SMILES string of the molecule is CN1CCN(c2c(O)c(=O)c2=O)C1. The van der Waals surface area contributed by atoms with Crippen LogP contribution in [0.2, 0.25) is 0 Å². The Labute approximate surface area is 74.5 Å². The van der Waals surface area contributed by atoms with Gasteiger partial charge in [-0.05, 0) is 7.05 Å².